The predicted molar refractivity (Wildman–Crippen MR) is 174 cm³/mol. The van der Waals surface area contributed by atoms with E-state index in [2.05, 4.69) is 15.6 Å². The predicted octanol–water partition coefficient (Wildman–Crippen LogP) is 6.29. The van der Waals surface area contributed by atoms with Crippen molar-refractivity contribution < 1.29 is 23.5 Å². The largest absolute Gasteiger partial charge is 0.479 e. The highest BCUT2D eigenvalue weighted by atomic mass is 32.2. The number of rotatable bonds is 16. The van der Waals surface area contributed by atoms with Crippen LogP contribution >= 0.6 is 11.8 Å². The van der Waals surface area contributed by atoms with Crippen molar-refractivity contribution in [1.82, 2.24) is 20.2 Å². The van der Waals surface area contributed by atoms with Gasteiger partial charge in [0.2, 0.25) is 0 Å². The quantitative estimate of drug-likeness (QED) is 0.134. The van der Waals surface area contributed by atoms with Gasteiger partial charge in [-0.05, 0) is 89.8 Å². The molecule has 0 aliphatic rings. The number of halogens is 2. The number of carboxylic acids is 1. The van der Waals surface area contributed by atoms with E-state index in [0.29, 0.717) is 37.2 Å². The highest BCUT2D eigenvalue weighted by Crippen LogP contribution is 2.28. The van der Waals surface area contributed by atoms with Crippen LogP contribution in [0, 0.1) is 17.6 Å². The number of hydrogen-bond donors (Lipinski definition) is 3. The fraction of sp³-hybridized carbons (Fsp3) is 0.343. The lowest BCUT2D eigenvalue weighted by molar-refractivity contribution is -0.146. The fourth-order valence-electron chi connectivity index (χ4n) is 5.41. The van der Waals surface area contributed by atoms with Gasteiger partial charge >= 0.3 is 5.97 Å². The molecule has 1 aromatic heterocycles. The first-order valence-corrected chi connectivity index (χ1v) is 16.4. The third-order valence-corrected chi connectivity index (χ3v) is 8.81. The Hall–Kier alpha value is -4.02. The molecule has 2 atom stereocenters. The Balaban J connectivity index is 1.72. The lowest BCUT2D eigenvalue weighted by atomic mass is 9.83. The molecule has 0 saturated carbocycles. The van der Waals surface area contributed by atoms with Crippen molar-refractivity contribution in [2.24, 2.45) is 5.92 Å². The van der Waals surface area contributed by atoms with Gasteiger partial charge in [-0.2, -0.15) is 11.8 Å². The third kappa shape index (κ3) is 8.79. The molecule has 3 N–H and O–H groups in total. The zero-order valence-electron chi connectivity index (χ0n) is 25.8. The topological polar surface area (TPSA) is 96.3 Å². The van der Waals surface area contributed by atoms with Crippen LogP contribution in [0.2, 0.25) is 0 Å². The maximum Gasteiger partial charge on any atom is 0.329 e. The minimum Gasteiger partial charge on any atom is -0.479 e. The SMILES string of the molecule is CSCC[C@](NC(=O)c1cc(C(NCCn2ccnc2)c2ccc(F)cc2)ccc1CCc1ccc(F)cc1)(C(=O)O)C(C)C. The molecular formula is C35H40F2N4O3S. The smallest absolute Gasteiger partial charge is 0.329 e. The summed E-state index contributed by atoms with van der Waals surface area (Å²) >= 11 is 1.53. The molecule has 3 aromatic carbocycles. The summed E-state index contributed by atoms with van der Waals surface area (Å²) in [5, 5.41) is 16.8. The summed E-state index contributed by atoms with van der Waals surface area (Å²) in [6.45, 7) is 4.81. The van der Waals surface area contributed by atoms with E-state index in [1.165, 1.54) is 36.0 Å². The Morgan fingerprint density at radius 1 is 0.978 bits per heavy atom. The van der Waals surface area contributed by atoms with Gasteiger partial charge in [-0.25, -0.2) is 18.6 Å². The number of thioether (sulfide) groups is 1. The summed E-state index contributed by atoms with van der Waals surface area (Å²) in [6.07, 6.45) is 8.52. The molecule has 0 aliphatic heterocycles. The summed E-state index contributed by atoms with van der Waals surface area (Å²) in [6, 6.07) is 17.7. The molecule has 7 nitrogen and oxygen atoms in total. The summed E-state index contributed by atoms with van der Waals surface area (Å²) in [4.78, 5) is 30.9. The second-order valence-electron chi connectivity index (χ2n) is 11.4. The maximum atomic E-state index is 14.1. The Kier molecular flexibility index (Phi) is 11.9. The Labute approximate surface area is 267 Å². The summed E-state index contributed by atoms with van der Waals surface area (Å²) < 4.78 is 29.3. The average Bonchev–Trinajstić information content (AvgIpc) is 3.55. The van der Waals surface area contributed by atoms with E-state index < -0.39 is 17.4 Å². The van der Waals surface area contributed by atoms with Crippen LogP contribution < -0.4 is 10.6 Å². The summed E-state index contributed by atoms with van der Waals surface area (Å²) in [7, 11) is 0. The second-order valence-corrected chi connectivity index (χ2v) is 12.4. The van der Waals surface area contributed by atoms with E-state index in [9.17, 15) is 23.5 Å². The van der Waals surface area contributed by atoms with Crippen LogP contribution in [0.25, 0.3) is 0 Å². The van der Waals surface area contributed by atoms with Crippen molar-refractivity contribution in [3.63, 3.8) is 0 Å². The highest BCUT2D eigenvalue weighted by molar-refractivity contribution is 7.98. The second kappa shape index (κ2) is 15.8. The molecule has 1 heterocycles. The molecule has 10 heteroatoms. The van der Waals surface area contributed by atoms with E-state index in [0.717, 1.165) is 22.3 Å². The fourth-order valence-corrected chi connectivity index (χ4v) is 5.94. The minimum atomic E-state index is -1.45. The molecule has 4 rings (SSSR count). The molecule has 4 aromatic rings. The molecule has 0 spiro atoms. The molecule has 0 radical (unpaired) electrons. The standard InChI is InChI=1S/C35H40F2N4O3S/c1-24(2)35(34(43)44,16-21-45-3)40-33(42)31-22-28(9-8-26(31)7-4-25-5-12-29(36)13-6-25)32(27-10-14-30(37)15-11-27)39-18-20-41-19-17-38-23-41/h5-6,8-15,17,19,22-24,32,39H,4,7,16,18,20-21H2,1-3H3,(H,40,42)(H,43,44)/t32?,35-/m1/s1. The van der Waals surface area contributed by atoms with Crippen molar-refractivity contribution in [2.75, 3.05) is 18.6 Å². The molecule has 238 valence electrons. The zero-order valence-corrected chi connectivity index (χ0v) is 26.6. The van der Waals surface area contributed by atoms with Crippen molar-refractivity contribution >= 4 is 23.6 Å². The number of aryl methyl sites for hydroxylation is 2. The van der Waals surface area contributed by atoms with Gasteiger partial charge in [-0.15, -0.1) is 0 Å². The van der Waals surface area contributed by atoms with Crippen LogP contribution in [0.1, 0.15) is 58.9 Å². The lowest BCUT2D eigenvalue weighted by Crippen LogP contribution is -2.58. The molecule has 0 aliphatic carbocycles. The molecule has 0 fully saturated rings. The molecule has 0 saturated heterocycles. The van der Waals surface area contributed by atoms with Gasteiger partial charge in [0.05, 0.1) is 12.4 Å². The van der Waals surface area contributed by atoms with E-state index in [4.69, 9.17) is 0 Å². The van der Waals surface area contributed by atoms with E-state index in [-0.39, 0.29) is 30.0 Å². The van der Waals surface area contributed by atoms with E-state index >= 15 is 0 Å². The average molecular weight is 635 g/mol. The Morgan fingerprint density at radius 2 is 1.64 bits per heavy atom. The van der Waals surface area contributed by atoms with Crippen LogP contribution in [0.4, 0.5) is 8.78 Å². The van der Waals surface area contributed by atoms with Crippen LogP contribution in [-0.4, -0.2) is 50.6 Å². The van der Waals surface area contributed by atoms with Gasteiger partial charge in [0.25, 0.3) is 5.91 Å². The molecule has 1 amide bonds. The number of aliphatic carboxylic acids is 1. The number of hydrogen-bond acceptors (Lipinski definition) is 5. The van der Waals surface area contributed by atoms with Crippen LogP contribution in [-0.2, 0) is 24.2 Å². The molecule has 45 heavy (non-hydrogen) atoms. The van der Waals surface area contributed by atoms with Gasteiger partial charge in [0.15, 0.2) is 0 Å². The number of nitrogens with zero attached hydrogens (tertiary/aromatic N) is 2. The molecular weight excluding hydrogens is 594 g/mol. The minimum absolute atomic E-state index is 0.269. The van der Waals surface area contributed by atoms with Gasteiger partial charge < -0.3 is 20.3 Å². The number of benzene rings is 3. The first-order valence-electron chi connectivity index (χ1n) is 15.0. The highest BCUT2D eigenvalue weighted by Gasteiger charge is 2.43. The van der Waals surface area contributed by atoms with E-state index in [1.807, 2.05) is 29.2 Å². The number of amides is 1. The third-order valence-electron chi connectivity index (χ3n) is 8.19. The Bertz CT molecular complexity index is 1550. The Morgan fingerprint density at radius 3 is 2.24 bits per heavy atom. The van der Waals surface area contributed by atoms with Gasteiger partial charge in [0.1, 0.15) is 17.2 Å². The van der Waals surface area contributed by atoms with Crippen LogP contribution in [0.15, 0.2) is 85.5 Å². The monoisotopic (exact) mass is 634 g/mol. The summed E-state index contributed by atoms with van der Waals surface area (Å²) in [5.74, 6) is -2.02. The van der Waals surface area contributed by atoms with E-state index in [1.54, 1.807) is 56.7 Å². The van der Waals surface area contributed by atoms with Crippen molar-refractivity contribution in [1.29, 1.82) is 0 Å². The molecule has 0 bridgehead atoms. The summed E-state index contributed by atoms with van der Waals surface area (Å²) in [5.41, 5.74) is 2.16. The number of aromatic nitrogens is 2. The maximum absolute atomic E-state index is 14.1. The lowest BCUT2D eigenvalue weighted by Gasteiger charge is -2.34. The number of nitrogens with one attached hydrogen (secondary N) is 2. The van der Waals surface area contributed by atoms with Crippen LogP contribution in [0.5, 0.6) is 0 Å². The zero-order chi connectivity index (χ0) is 32.4. The van der Waals surface area contributed by atoms with Crippen molar-refractivity contribution in [3.8, 4) is 0 Å². The van der Waals surface area contributed by atoms with Gasteiger partial charge in [-0.1, -0.05) is 50.2 Å². The van der Waals surface area contributed by atoms with Crippen LogP contribution in [0.3, 0.4) is 0 Å². The number of carbonyl (C=O) groups is 2. The first kappa shape index (κ1) is 33.9. The number of imidazole rings is 1. The van der Waals surface area contributed by atoms with Crippen molar-refractivity contribution in [2.45, 2.75) is 51.2 Å². The first-order chi connectivity index (χ1) is 21.6. The van der Waals surface area contributed by atoms with Gasteiger partial charge in [0, 0.05) is 31.0 Å². The van der Waals surface area contributed by atoms with Crippen molar-refractivity contribution in [3.05, 3.63) is 125 Å². The normalized spacial score (nSPS) is 13.4. The molecule has 1 unspecified atom stereocenters. The number of carbonyl (C=O) groups excluding carboxylic acids is 1. The number of carboxylic acid groups (broad SMARTS) is 1. The van der Waals surface area contributed by atoms with Gasteiger partial charge in [-0.3, -0.25) is 4.79 Å².